The van der Waals surface area contributed by atoms with Gasteiger partial charge in [0.25, 0.3) is 0 Å². The minimum absolute atomic E-state index is 0.921. The molecule has 0 fully saturated rings. The zero-order valence-corrected chi connectivity index (χ0v) is 28.6. The minimum atomic E-state index is 0.921. The Hall–Kier alpha value is -7.17. The second-order valence-electron chi connectivity index (χ2n) is 13.6. The number of nitrogens with zero attached hydrogens (tertiary/aromatic N) is 4. The summed E-state index contributed by atoms with van der Waals surface area (Å²) in [5, 5.41) is 8.03. The number of fused-ring (bicyclic) bond motifs is 10. The lowest BCUT2D eigenvalue weighted by Gasteiger charge is -2.13. The van der Waals surface area contributed by atoms with E-state index in [4.69, 9.17) is 9.97 Å². The van der Waals surface area contributed by atoms with E-state index in [9.17, 15) is 0 Å². The quantitative estimate of drug-likeness (QED) is 0.175. The van der Waals surface area contributed by atoms with Crippen LogP contribution in [0.15, 0.2) is 182 Å². The van der Waals surface area contributed by atoms with E-state index in [0.29, 0.717) is 0 Å². The Bertz CT molecular complexity index is 3220. The number of hydrogen-bond acceptors (Lipinski definition) is 3. The van der Waals surface area contributed by atoms with Gasteiger partial charge in [0.05, 0.1) is 39.0 Å². The SMILES string of the molecule is c1ccc(-c2nc3c(ccc4c5cc(-c6cccc(-c7ccc8ccc9cccnc9c8n7)c6)ccc5n(-c5ccccc5)c43)c3ccccc23)cc1. The van der Waals surface area contributed by atoms with Crippen molar-refractivity contribution in [1.82, 2.24) is 19.5 Å². The van der Waals surface area contributed by atoms with E-state index in [1.807, 2.05) is 12.3 Å². The summed E-state index contributed by atoms with van der Waals surface area (Å²) < 4.78 is 2.39. The molecule has 0 spiro atoms. The van der Waals surface area contributed by atoms with Gasteiger partial charge in [-0.15, -0.1) is 0 Å². The van der Waals surface area contributed by atoms with Gasteiger partial charge in [-0.2, -0.15) is 0 Å². The van der Waals surface area contributed by atoms with Crippen molar-refractivity contribution in [2.24, 2.45) is 0 Å². The maximum atomic E-state index is 5.52. The van der Waals surface area contributed by atoms with Crippen molar-refractivity contribution in [2.75, 3.05) is 0 Å². The van der Waals surface area contributed by atoms with Crippen LogP contribution in [0.2, 0.25) is 0 Å². The summed E-state index contributed by atoms with van der Waals surface area (Å²) in [4.78, 5) is 15.3. The van der Waals surface area contributed by atoms with E-state index in [-0.39, 0.29) is 0 Å². The van der Waals surface area contributed by atoms with Gasteiger partial charge in [-0.3, -0.25) is 4.98 Å². The van der Waals surface area contributed by atoms with Crippen molar-refractivity contribution in [3.05, 3.63) is 182 Å². The third-order valence-electron chi connectivity index (χ3n) is 10.6. The maximum absolute atomic E-state index is 5.52. The Balaban J connectivity index is 1.14. The van der Waals surface area contributed by atoms with Crippen molar-refractivity contribution >= 4 is 65.3 Å². The lowest BCUT2D eigenvalue weighted by Crippen LogP contribution is -1.96. The largest absolute Gasteiger partial charge is 0.307 e. The highest BCUT2D eigenvalue weighted by atomic mass is 15.0. The highest BCUT2D eigenvalue weighted by Crippen LogP contribution is 2.41. The average molecular weight is 675 g/mol. The molecule has 0 bridgehead atoms. The molecule has 0 aliphatic heterocycles. The molecule has 53 heavy (non-hydrogen) atoms. The smallest absolute Gasteiger partial charge is 0.0972 e. The first-order valence-electron chi connectivity index (χ1n) is 17.9. The topological polar surface area (TPSA) is 43.6 Å². The van der Waals surface area contributed by atoms with Crippen LogP contribution in [-0.4, -0.2) is 19.5 Å². The molecule has 0 saturated heterocycles. The molecule has 7 aromatic carbocycles. The summed E-state index contributed by atoms with van der Waals surface area (Å²) in [7, 11) is 0. The average Bonchev–Trinajstić information content (AvgIpc) is 3.58. The number of benzene rings is 7. The molecule has 0 aliphatic carbocycles. The van der Waals surface area contributed by atoms with Gasteiger partial charge in [-0.05, 0) is 59.0 Å². The maximum Gasteiger partial charge on any atom is 0.0972 e. The molecule has 0 aliphatic rings. The van der Waals surface area contributed by atoms with Gasteiger partial charge in [0, 0.05) is 55.3 Å². The van der Waals surface area contributed by atoms with Gasteiger partial charge in [0.2, 0.25) is 0 Å². The molecule has 4 nitrogen and oxygen atoms in total. The molecule has 0 radical (unpaired) electrons. The summed E-state index contributed by atoms with van der Waals surface area (Å²) in [5.74, 6) is 0. The second kappa shape index (κ2) is 11.7. The molecule has 4 aromatic heterocycles. The Morgan fingerprint density at radius 2 is 1.08 bits per heavy atom. The molecular weight excluding hydrogens is 645 g/mol. The summed E-state index contributed by atoms with van der Waals surface area (Å²) in [6.07, 6.45) is 1.84. The Kier molecular flexibility index (Phi) is 6.52. The van der Waals surface area contributed by atoms with Crippen LogP contribution < -0.4 is 0 Å². The van der Waals surface area contributed by atoms with E-state index in [0.717, 1.165) is 88.5 Å². The molecule has 4 heteroatoms. The second-order valence-corrected chi connectivity index (χ2v) is 13.6. The molecule has 0 N–H and O–H groups in total. The number of hydrogen-bond donors (Lipinski definition) is 0. The first-order valence-corrected chi connectivity index (χ1v) is 17.9. The molecule has 4 heterocycles. The van der Waals surface area contributed by atoms with Crippen molar-refractivity contribution in [3.8, 4) is 39.3 Å². The Labute approximate surface area is 305 Å². The monoisotopic (exact) mass is 674 g/mol. The molecule has 11 rings (SSSR count). The fourth-order valence-electron chi connectivity index (χ4n) is 8.10. The summed E-state index contributed by atoms with van der Waals surface area (Å²) in [6.45, 7) is 0. The standard InChI is InChI=1S/C49H30N4/c1-3-11-31(12-4-1)45-39-19-8-7-18-38(39)40-24-25-41-42-30-35(23-27-44(42)53(49(41)48(40)52-45)37-16-5-2-6-17-37)34-13-9-14-36(29-34)43-26-22-33-21-20-32-15-10-28-50-46(32)47(33)51-43/h1-30H. The third kappa shape index (κ3) is 4.66. The van der Waals surface area contributed by atoms with Gasteiger partial charge < -0.3 is 4.57 Å². The van der Waals surface area contributed by atoms with Gasteiger partial charge in [0.1, 0.15) is 0 Å². The fourth-order valence-corrected chi connectivity index (χ4v) is 8.10. The lowest BCUT2D eigenvalue weighted by molar-refractivity contribution is 1.18. The van der Waals surface area contributed by atoms with Crippen molar-refractivity contribution in [3.63, 3.8) is 0 Å². The van der Waals surface area contributed by atoms with Crippen LogP contribution in [0.4, 0.5) is 0 Å². The highest BCUT2D eigenvalue weighted by Gasteiger charge is 2.20. The van der Waals surface area contributed by atoms with Crippen LogP contribution in [0.1, 0.15) is 0 Å². The van der Waals surface area contributed by atoms with Crippen LogP contribution in [0.3, 0.4) is 0 Å². The van der Waals surface area contributed by atoms with Gasteiger partial charge in [-0.1, -0.05) is 133 Å². The van der Waals surface area contributed by atoms with E-state index in [1.54, 1.807) is 0 Å². The summed E-state index contributed by atoms with van der Waals surface area (Å²) in [5.41, 5.74) is 12.6. The van der Waals surface area contributed by atoms with Crippen molar-refractivity contribution in [2.45, 2.75) is 0 Å². The summed E-state index contributed by atoms with van der Waals surface area (Å²) >= 11 is 0. The zero-order chi connectivity index (χ0) is 34.9. The van der Waals surface area contributed by atoms with Crippen LogP contribution in [0, 0.1) is 0 Å². The molecule has 0 saturated carbocycles. The van der Waals surface area contributed by atoms with Gasteiger partial charge >= 0.3 is 0 Å². The van der Waals surface area contributed by atoms with Crippen LogP contribution in [0.25, 0.3) is 105 Å². The van der Waals surface area contributed by atoms with Crippen molar-refractivity contribution in [1.29, 1.82) is 0 Å². The normalized spacial score (nSPS) is 11.8. The Morgan fingerprint density at radius 1 is 0.377 bits per heavy atom. The number of para-hydroxylation sites is 1. The number of aromatic nitrogens is 4. The zero-order valence-electron chi connectivity index (χ0n) is 28.6. The van der Waals surface area contributed by atoms with E-state index < -0.39 is 0 Å². The fraction of sp³-hybridized carbons (Fsp3) is 0. The highest BCUT2D eigenvalue weighted by molar-refractivity contribution is 6.23. The molecule has 0 atom stereocenters. The minimum Gasteiger partial charge on any atom is -0.307 e. The first-order chi connectivity index (χ1) is 26.3. The molecular formula is C49H30N4. The Morgan fingerprint density at radius 3 is 1.94 bits per heavy atom. The first kappa shape index (κ1) is 29.5. The third-order valence-corrected chi connectivity index (χ3v) is 10.6. The van der Waals surface area contributed by atoms with Gasteiger partial charge in [0.15, 0.2) is 0 Å². The predicted molar refractivity (Wildman–Crippen MR) is 220 cm³/mol. The summed E-state index contributed by atoms with van der Waals surface area (Å²) in [6, 6.07) is 62.5. The number of pyridine rings is 3. The lowest BCUT2D eigenvalue weighted by atomic mass is 9.98. The van der Waals surface area contributed by atoms with E-state index in [1.165, 1.54) is 16.2 Å². The van der Waals surface area contributed by atoms with Gasteiger partial charge in [-0.25, -0.2) is 9.97 Å². The van der Waals surface area contributed by atoms with E-state index in [2.05, 4.69) is 179 Å². The molecule has 0 unspecified atom stereocenters. The van der Waals surface area contributed by atoms with Crippen molar-refractivity contribution < 1.29 is 0 Å². The molecule has 11 aromatic rings. The number of rotatable bonds is 4. The molecule has 0 amide bonds. The predicted octanol–water partition coefficient (Wildman–Crippen LogP) is 12.6. The van der Waals surface area contributed by atoms with E-state index >= 15 is 0 Å². The molecule has 246 valence electrons. The van der Waals surface area contributed by atoms with Crippen LogP contribution in [-0.2, 0) is 0 Å². The van der Waals surface area contributed by atoms with Crippen LogP contribution in [0.5, 0.6) is 0 Å². The van der Waals surface area contributed by atoms with Crippen LogP contribution >= 0.6 is 0 Å².